The van der Waals surface area contributed by atoms with Crippen LogP contribution in [0.2, 0.25) is 15.1 Å². The van der Waals surface area contributed by atoms with Crippen molar-refractivity contribution in [1.82, 2.24) is 4.72 Å². The summed E-state index contributed by atoms with van der Waals surface area (Å²) in [6.45, 7) is 2.78. The van der Waals surface area contributed by atoms with Gasteiger partial charge in [-0.25, -0.2) is 13.1 Å². The summed E-state index contributed by atoms with van der Waals surface area (Å²) in [5.41, 5.74) is -1.18. The van der Waals surface area contributed by atoms with Gasteiger partial charge in [-0.15, -0.1) is 0 Å². The van der Waals surface area contributed by atoms with Gasteiger partial charge in [0.2, 0.25) is 10.0 Å². The van der Waals surface area contributed by atoms with Crippen molar-refractivity contribution in [2.24, 2.45) is 0 Å². The molecule has 2 N–H and O–H groups in total. The number of hydrogen-bond donors (Lipinski definition) is 2. The molecule has 0 heterocycles. The largest absolute Gasteiger partial charge is 0.389 e. The molecular formula is C10H12Cl3NO3S. The van der Waals surface area contributed by atoms with E-state index in [2.05, 4.69) is 4.72 Å². The molecule has 0 saturated carbocycles. The topological polar surface area (TPSA) is 66.4 Å². The van der Waals surface area contributed by atoms with Crippen molar-refractivity contribution in [3.8, 4) is 0 Å². The van der Waals surface area contributed by atoms with Gasteiger partial charge in [0.1, 0.15) is 4.90 Å². The van der Waals surface area contributed by atoms with Crippen molar-refractivity contribution in [3.63, 3.8) is 0 Å². The van der Waals surface area contributed by atoms with Crippen LogP contribution in [0.15, 0.2) is 17.0 Å². The van der Waals surface area contributed by atoms with Crippen molar-refractivity contribution in [3.05, 3.63) is 27.2 Å². The Bertz CT molecular complexity index is 529. The Kier molecular flexibility index (Phi) is 4.92. The summed E-state index contributed by atoms with van der Waals surface area (Å²) in [7, 11) is -3.90. The van der Waals surface area contributed by atoms with Crippen molar-refractivity contribution < 1.29 is 13.5 Å². The third-order valence-corrected chi connectivity index (χ3v) is 4.47. The van der Waals surface area contributed by atoms with E-state index in [1.165, 1.54) is 26.0 Å². The van der Waals surface area contributed by atoms with Gasteiger partial charge in [0.05, 0.1) is 15.6 Å². The second-order valence-electron chi connectivity index (χ2n) is 4.34. The number of nitrogens with one attached hydrogen (secondary N) is 1. The van der Waals surface area contributed by atoms with Crippen LogP contribution in [0.25, 0.3) is 0 Å². The Hall–Kier alpha value is -0.0400. The minimum absolute atomic E-state index is 0.0734. The predicted molar refractivity (Wildman–Crippen MR) is 73.0 cm³/mol. The summed E-state index contributed by atoms with van der Waals surface area (Å²) < 4.78 is 26.2. The Morgan fingerprint density at radius 1 is 1.22 bits per heavy atom. The first kappa shape index (κ1) is 16.0. The highest BCUT2D eigenvalue weighted by molar-refractivity contribution is 7.89. The lowest BCUT2D eigenvalue weighted by Crippen LogP contribution is -2.38. The molecule has 0 spiro atoms. The van der Waals surface area contributed by atoms with Crippen molar-refractivity contribution in [2.75, 3.05) is 6.54 Å². The van der Waals surface area contributed by atoms with Crippen LogP contribution in [0, 0.1) is 0 Å². The second-order valence-corrected chi connectivity index (χ2v) is 7.29. The average molecular weight is 333 g/mol. The summed E-state index contributed by atoms with van der Waals surface area (Å²) in [6.07, 6.45) is 0. The standard InChI is InChI=1S/C10H12Cl3NO3S/c1-10(2,15)5-14-18(16,17)9-7(12)3-6(11)4-8(9)13/h3-4,14-15H,5H2,1-2H3. The highest BCUT2D eigenvalue weighted by Gasteiger charge is 2.24. The number of hydrogen-bond acceptors (Lipinski definition) is 3. The van der Waals surface area contributed by atoms with Gasteiger partial charge in [0.15, 0.2) is 0 Å². The molecule has 0 amide bonds. The number of aliphatic hydroxyl groups is 1. The molecule has 0 aliphatic carbocycles. The van der Waals surface area contributed by atoms with Gasteiger partial charge in [-0.3, -0.25) is 0 Å². The molecule has 1 rings (SSSR count). The molecule has 0 bridgehead atoms. The van der Waals surface area contributed by atoms with Crippen molar-refractivity contribution in [1.29, 1.82) is 0 Å². The summed E-state index contributed by atoms with van der Waals surface area (Å²) in [5, 5.41) is 9.59. The summed E-state index contributed by atoms with van der Waals surface area (Å²) in [5.74, 6) is 0. The van der Waals surface area contributed by atoms with E-state index in [1.54, 1.807) is 0 Å². The Morgan fingerprint density at radius 3 is 2.06 bits per heavy atom. The fourth-order valence-electron chi connectivity index (χ4n) is 1.13. The van der Waals surface area contributed by atoms with Crippen LogP contribution in [0.1, 0.15) is 13.8 Å². The fraction of sp³-hybridized carbons (Fsp3) is 0.400. The number of halogens is 3. The van der Waals surface area contributed by atoms with Crippen LogP contribution in [-0.4, -0.2) is 25.7 Å². The smallest absolute Gasteiger partial charge is 0.243 e. The zero-order chi connectivity index (χ0) is 14.1. The summed E-state index contributed by atoms with van der Waals surface area (Å²) in [4.78, 5) is -0.250. The molecule has 18 heavy (non-hydrogen) atoms. The normalized spacial score (nSPS) is 12.8. The molecule has 0 unspecified atom stereocenters. The molecule has 1 aromatic rings. The Morgan fingerprint density at radius 2 is 1.67 bits per heavy atom. The fourth-order valence-corrected chi connectivity index (χ4v) is 3.87. The molecule has 0 aromatic heterocycles. The monoisotopic (exact) mass is 331 g/mol. The van der Waals surface area contributed by atoms with E-state index in [4.69, 9.17) is 34.8 Å². The molecule has 0 radical (unpaired) electrons. The van der Waals surface area contributed by atoms with Crippen LogP contribution >= 0.6 is 34.8 Å². The lowest BCUT2D eigenvalue weighted by Gasteiger charge is -2.18. The average Bonchev–Trinajstić information content (AvgIpc) is 2.11. The molecular weight excluding hydrogens is 321 g/mol. The number of sulfonamides is 1. The first-order valence-electron chi connectivity index (χ1n) is 4.89. The van der Waals surface area contributed by atoms with Gasteiger partial charge in [-0.1, -0.05) is 34.8 Å². The quantitative estimate of drug-likeness (QED) is 0.891. The van der Waals surface area contributed by atoms with Gasteiger partial charge >= 0.3 is 0 Å². The third-order valence-electron chi connectivity index (χ3n) is 1.93. The maximum Gasteiger partial charge on any atom is 0.243 e. The molecule has 8 heteroatoms. The first-order valence-corrected chi connectivity index (χ1v) is 7.51. The van der Waals surface area contributed by atoms with E-state index in [-0.39, 0.29) is 26.5 Å². The zero-order valence-electron chi connectivity index (χ0n) is 9.67. The molecule has 0 fully saturated rings. The van der Waals surface area contributed by atoms with Crippen molar-refractivity contribution >= 4 is 44.8 Å². The van der Waals surface area contributed by atoms with Gasteiger partial charge < -0.3 is 5.11 Å². The summed E-state index contributed by atoms with van der Waals surface area (Å²) in [6, 6.07) is 2.57. The zero-order valence-corrected chi connectivity index (χ0v) is 12.8. The SMILES string of the molecule is CC(C)(O)CNS(=O)(=O)c1c(Cl)cc(Cl)cc1Cl. The summed E-state index contributed by atoms with van der Waals surface area (Å²) >= 11 is 17.3. The van der Waals surface area contributed by atoms with Gasteiger partial charge in [0.25, 0.3) is 0 Å². The van der Waals surface area contributed by atoms with Crippen LogP contribution in [0.3, 0.4) is 0 Å². The van der Waals surface area contributed by atoms with Crippen molar-refractivity contribution in [2.45, 2.75) is 24.3 Å². The Labute approximate surface area is 121 Å². The maximum atomic E-state index is 12.0. The molecule has 0 aliphatic heterocycles. The van der Waals surface area contributed by atoms with Crippen LogP contribution in [0.4, 0.5) is 0 Å². The minimum Gasteiger partial charge on any atom is -0.389 e. The Balaban J connectivity index is 3.14. The predicted octanol–water partition coefficient (Wildman–Crippen LogP) is 2.70. The van der Waals surface area contributed by atoms with E-state index in [0.29, 0.717) is 0 Å². The van der Waals surface area contributed by atoms with Gasteiger partial charge in [0, 0.05) is 11.6 Å². The third kappa shape index (κ3) is 4.26. The minimum atomic E-state index is -3.90. The van der Waals surface area contributed by atoms with Crippen LogP contribution in [0.5, 0.6) is 0 Å². The van der Waals surface area contributed by atoms with Crippen LogP contribution in [-0.2, 0) is 10.0 Å². The highest BCUT2D eigenvalue weighted by Crippen LogP contribution is 2.32. The lowest BCUT2D eigenvalue weighted by atomic mass is 10.1. The molecule has 0 atom stereocenters. The van der Waals surface area contributed by atoms with Crippen LogP contribution < -0.4 is 4.72 Å². The molecule has 102 valence electrons. The van der Waals surface area contributed by atoms with E-state index in [9.17, 15) is 13.5 Å². The van der Waals surface area contributed by atoms with E-state index >= 15 is 0 Å². The van der Waals surface area contributed by atoms with Gasteiger partial charge in [-0.05, 0) is 26.0 Å². The number of benzene rings is 1. The molecule has 4 nitrogen and oxygen atoms in total. The second kappa shape index (κ2) is 5.53. The van der Waals surface area contributed by atoms with Gasteiger partial charge in [-0.2, -0.15) is 0 Å². The highest BCUT2D eigenvalue weighted by atomic mass is 35.5. The molecule has 0 saturated heterocycles. The van der Waals surface area contributed by atoms with E-state index in [1.807, 2.05) is 0 Å². The lowest BCUT2D eigenvalue weighted by molar-refractivity contribution is 0.0857. The van der Waals surface area contributed by atoms with E-state index in [0.717, 1.165) is 0 Å². The molecule has 0 aliphatic rings. The molecule has 1 aromatic carbocycles. The maximum absolute atomic E-state index is 12.0. The first-order chi connectivity index (χ1) is 8.03. The van der Waals surface area contributed by atoms with E-state index < -0.39 is 15.6 Å². The number of rotatable bonds is 4.